The average Bonchev–Trinajstić information content (AvgIpc) is 3.12. The lowest BCUT2D eigenvalue weighted by Crippen LogP contribution is -2.30. The average molecular weight is 409 g/mol. The van der Waals surface area contributed by atoms with Crippen LogP contribution in [0.25, 0.3) is 0 Å². The molecule has 3 atom stereocenters. The molecule has 3 aromatic rings. The van der Waals surface area contributed by atoms with Crippen LogP contribution in [0, 0.1) is 5.92 Å². The Morgan fingerprint density at radius 3 is 2.53 bits per heavy atom. The summed E-state index contributed by atoms with van der Waals surface area (Å²) in [6.45, 7) is 0. The fourth-order valence-electron chi connectivity index (χ4n) is 4.93. The lowest BCUT2D eigenvalue weighted by atomic mass is 9.75. The van der Waals surface area contributed by atoms with Crippen molar-refractivity contribution in [3.05, 3.63) is 100 Å². The molecule has 2 aliphatic rings. The van der Waals surface area contributed by atoms with Crippen molar-refractivity contribution in [3.8, 4) is 0 Å². The molecule has 152 valence electrons. The van der Waals surface area contributed by atoms with Crippen molar-refractivity contribution in [2.24, 2.45) is 5.92 Å². The van der Waals surface area contributed by atoms with Crippen molar-refractivity contribution in [3.63, 3.8) is 0 Å². The second-order valence-corrected chi connectivity index (χ2v) is 7.90. The summed E-state index contributed by atoms with van der Waals surface area (Å²) in [6, 6.07) is 18.1. The van der Waals surface area contributed by atoms with Gasteiger partial charge in [0.2, 0.25) is 0 Å². The maximum absolute atomic E-state index is 13.3. The molecule has 0 amide bonds. The van der Waals surface area contributed by atoms with Crippen molar-refractivity contribution >= 4 is 11.7 Å². The van der Waals surface area contributed by atoms with E-state index in [2.05, 4.69) is 5.32 Å². The van der Waals surface area contributed by atoms with Gasteiger partial charge in [-0.1, -0.05) is 36.4 Å². The van der Waals surface area contributed by atoms with Crippen LogP contribution in [0.3, 0.4) is 0 Å². The Balaban J connectivity index is 1.66. The largest absolute Gasteiger partial charge is 0.478 e. The van der Waals surface area contributed by atoms with Gasteiger partial charge in [-0.15, -0.1) is 0 Å². The van der Waals surface area contributed by atoms with E-state index in [1.54, 1.807) is 18.2 Å². The molecule has 2 N–H and O–H groups in total. The molecule has 1 heterocycles. The van der Waals surface area contributed by atoms with E-state index in [9.17, 15) is 23.1 Å². The number of carbonyl (C=O) groups is 1. The smallest absolute Gasteiger partial charge is 0.416 e. The Morgan fingerprint density at radius 1 is 0.967 bits per heavy atom. The third kappa shape index (κ3) is 2.95. The molecule has 5 rings (SSSR count). The number of nitrogens with one attached hydrogen (secondary N) is 1. The number of anilines is 1. The number of halogens is 3. The predicted molar refractivity (Wildman–Crippen MR) is 107 cm³/mol. The minimum atomic E-state index is -4.41. The van der Waals surface area contributed by atoms with Gasteiger partial charge in [0, 0.05) is 11.6 Å². The van der Waals surface area contributed by atoms with Crippen LogP contribution in [0.1, 0.15) is 50.1 Å². The number of benzene rings is 3. The number of hydrogen-bond donors (Lipinski definition) is 2. The van der Waals surface area contributed by atoms with E-state index in [-0.39, 0.29) is 23.4 Å². The Kier molecular flexibility index (Phi) is 4.13. The number of aromatic carboxylic acids is 1. The number of carboxylic acids is 1. The first-order valence-corrected chi connectivity index (χ1v) is 9.71. The third-order valence-electron chi connectivity index (χ3n) is 6.22. The molecule has 0 spiro atoms. The van der Waals surface area contributed by atoms with Crippen molar-refractivity contribution < 1.29 is 23.1 Å². The fraction of sp³-hybridized carbons (Fsp3) is 0.208. The number of rotatable bonds is 2. The van der Waals surface area contributed by atoms with Crippen LogP contribution in [-0.4, -0.2) is 11.1 Å². The quantitative estimate of drug-likeness (QED) is 0.556. The van der Waals surface area contributed by atoms with Gasteiger partial charge in [-0.25, -0.2) is 4.79 Å². The van der Waals surface area contributed by atoms with E-state index < -0.39 is 17.7 Å². The highest BCUT2D eigenvalue weighted by Crippen LogP contribution is 2.54. The summed E-state index contributed by atoms with van der Waals surface area (Å²) in [6.07, 6.45) is -3.69. The normalized spacial score (nSPS) is 21.9. The summed E-state index contributed by atoms with van der Waals surface area (Å²) >= 11 is 0. The van der Waals surface area contributed by atoms with Gasteiger partial charge in [0.1, 0.15) is 0 Å². The molecule has 1 aliphatic heterocycles. The molecule has 1 aliphatic carbocycles. The van der Waals surface area contributed by atoms with Gasteiger partial charge in [-0.05, 0) is 64.9 Å². The first kappa shape index (κ1) is 18.7. The maximum Gasteiger partial charge on any atom is 0.416 e. The van der Waals surface area contributed by atoms with Gasteiger partial charge < -0.3 is 10.4 Å². The zero-order valence-corrected chi connectivity index (χ0v) is 15.8. The number of hydrogen-bond acceptors (Lipinski definition) is 2. The number of fused-ring (bicyclic) bond motifs is 5. The summed E-state index contributed by atoms with van der Waals surface area (Å²) in [4.78, 5) is 11.5. The highest BCUT2D eigenvalue weighted by molar-refractivity contribution is 5.89. The summed E-state index contributed by atoms with van der Waals surface area (Å²) in [5, 5.41) is 12.8. The van der Waals surface area contributed by atoms with Gasteiger partial charge in [0.05, 0.1) is 17.2 Å². The highest BCUT2D eigenvalue weighted by atomic mass is 19.4. The van der Waals surface area contributed by atoms with E-state index in [0.717, 1.165) is 28.4 Å². The molecule has 30 heavy (non-hydrogen) atoms. The molecular formula is C24H18F3NO2. The van der Waals surface area contributed by atoms with Gasteiger partial charge in [-0.2, -0.15) is 13.2 Å². The van der Waals surface area contributed by atoms with Gasteiger partial charge in [0.25, 0.3) is 0 Å². The molecule has 0 saturated carbocycles. The van der Waals surface area contributed by atoms with E-state index in [0.29, 0.717) is 12.0 Å². The standard InChI is InChI=1S/C24H18F3NO2/c25-24(26,27)16-6-3-5-14(10-16)22-19-11-13-4-1-2-7-17(13)21(19)18-12-15(23(29)30)8-9-20(18)28-22/h1-10,12,19,21-22,28H,11H2,(H,29,30)/t19-,21+,22-/m1/s1. The fourth-order valence-corrected chi connectivity index (χ4v) is 4.93. The molecule has 0 saturated heterocycles. The van der Waals surface area contributed by atoms with E-state index in [1.807, 2.05) is 24.3 Å². The first-order valence-electron chi connectivity index (χ1n) is 9.71. The van der Waals surface area contributed by atoms with Crippen LogP contribution in [0.4, 0.5) is 18.9 Å². The Labute approximate surface area is 171 Å². The first-order chi connectivity index (χ1) is 14.3. The molecule has 0 bridgehead atoms. The minimum Gasteiger partial charge on any atom is -0.478 e. The van der Waals surface area contributed by atoms with Crippen LogP contribution in [0.2, 0.25) is 0 Å². The monoisotopic (exact) mass is 409 g/mol. The Hall–Kier alpha value is -3.28. The third-order valence-corrected chi connectivity index (χ3v) is 6.22. The SMILES string of the molecule is O=C(O)c1ccc2c(c1)[C@@H]1c3ccccc3C[C@H]1[C@@H](c1cccc(C(F)(F)F)c1)N2. The van der Waals surface area contributed by atoms with Gasteiger partial charge in [0.15, 0.2) is 0 Å². The predicted octanol–water partition coefficient (Wildman–Crippen LogP) is 5.87. The van der Waals surface area contributed by atoms with E-state index in [1.165, 1.54) is 18.2 Å². The summed E-state index contributed by atoms with van der Waals surface area (Å²) < 4.78 is 39.9. The van der Waals surface area contributed by atoms with Crippen LogP contribution >= 0.6 is 0 Å². The lowest BCUT2D eigenvalue weighted by molar-refractivity contribution is -0.137. The van der Waals surface area contributed by atoms with E-state index in [4.69, 9.17) is 0 Å². The lowest BCUT2D eigenvalue weighted by Gasteiger charge is -2.38. The maximum atomic E-state index is 13.3. The van der Waals surface area contributed by atoms with Crippen molar-refractivity contribution in [1.82, 2.24) is 0 Å². The second-order valence-electron chi connectivity index (χ2n) is 7.90. The van der Waals surface area contributed by atoms with Crippen LogP contribution in [0.15, 0.2) is 66.7 Å². The van der Waals surface area contributed by atoms with Crippen LogP contribution < -0.4 is 5.32 Å². The van der Waals surface area contributed by atoms with Crippen molar-refractivity contribution in [2.75, 3.05) is 5.32 Å². The minimum absolute atomic E-state index is 0.0116. The summed E-state index contributed by atoms with van der Waals surface area (Å²) in [7, 11) is 0. The molecule has 6 heteroatoms. The number of alkyl halides is 3. The van der Waals surface area contributed by atoms with Gasteiger partial charge in [-0.3, -0.25) is 0 Å². The van der Waals surface area contributed by atoms with Crippen LogP contribution in [0.5, 0.6) is 0 Å². The highest BCUT2D eigenvalue weighted by Gasteiger charge is 2.44. The molecular weight excluding hydrogens is 391 g/mol. The molecule has 3 aromatic carbocycles. The zero-order chi connectivity index (χ0) is 21.0. The van der Waals surface area contributed by atoms with Crippen molar-refractivity contribution in [1.29, 1.82) is 0 Å². The summed E-state index contributed by atoms with van der Waals surface area (Å²) in [5.41, 5.74) is 4.04. The topological polar surface area (TPSA) is 49.3 Å². The zero-order valence-electron chi connectivity index (χ0n) is 15.8. The van der Waals surface area contributed by atoms with E-state index >= 15 is 0 Å². The summed E-state index contributed by atoms with van der Waals surface area (Å²) in [5.74, 6) is -1.08. The molecule has 0 fully saturated rings. The Bertz CT molecular complexity index is 1160. The Morgan fingerprint density at radius 2 is 1.77 bits per heavy atom. The second kappa shape index (κ2) is 6.62. The molecule has 0 aromatic heterocycles. The molecule has 3 nitrogen and oxygen atoms in total. The number of carboxylic acid groups (broad SMARTS) is 1. The molecule has 0 radical (unpaired) electrons. The molecule has 0 unspecified atom stereocenters. The van der Waals surface area contributed by atoms with Gasteiger partial charge >= 0.3 is 12.1 Å². The van der Waals surface area contributed by atoms with Crippen LogP contribution in [-0.2, 0) is 12.6 Å². The van der Waals surface area contributed by atoms with Crippen molar-refractivity contribution in [2.45, 2.75) is 24.6 Å².